The van der Waals surface area contributed by atoms with E-state index in [-0.39, 0.29) is 12.0 Å². The van der Waals surface area contributed by atoms with Crippen molar-refractivity contribution in [2.75, 3.05) is 33.3 Å². The summed E-state index contributed by atoms with van der Waals surface area (Å²) < 4.78 is 5.67. The SMILES string of the molecule is CN1CCOC(CNC(=O)c2ccc3c(c2)CCCC3)C1. The summed E-state index contributed by atoms with van der Waals surface area (Å²) in [5, 5.41) is 3.01. The maximum atomic E-state index is 12.3. The molecule has 21 heavy (non-hydrogen) atoms. The third kappa shape index (κ3) is 3.63. The molecule has 0 saturated carbocycles. The second kappa shape index (κ2) is 6.58. The topological polar surface area (TPSA) is 41.6 Å². The van der Waals surface area contributed by atoms with E-state index in [1.54, 1.807) is 0 Å². The lowest BCUT2D eigenvalue weighted by Gasteiger charge is -2.30. The highest BCUT2D eigenvalue weighted by Gasteiger charge is 2.19. The lowest BCUT2D eigenvalue weighted by Crippen LogP contribution is -2.45. The van der Waals surface area contributed by atoms with E-state index in [1.165, 1.54) is 24.0 Å². The molecule has 1 aliphatic heterocycles. The molecule has 1 amide bonds. The molecule has 0 aromatic heterocycles. The highest BCUT2D eigenvalue weighted by molar-refractivity contribution is 5.94. The van der Waals surface area contributed by atoms with Gasteiger partial charge in [0, 0.05) is 25.2 Å². The van der Waals surface area contributed by atoms with Crippen LogP contribution < -0.4 is 5.32 Å². The van der Waals surface area contributed by atoms with Crippen LogP contribution in [0.3, 0.4) is 0 Å². The predicted molar refractivity (Wildman–Crippen MR) is 82.7 cm³/mol. The number of carbonyl (C=O) groups excluding carboxylic acids is 1. The standard InChI is InChI=1S/C17H24N2O2/c1-19-8-9-21-16(12-19)11-18-17(20)15-7-6-13-4-2-3-5-14(13)10-15/h6-7,10,16H,2-5,8-9,11-12H2,1H3,(H,18,20). The molecule has 114 valence electrons. The Kier molecular flexibility index (Phi) is 4.56. The monoisotopic (exact) mass is 288 g/mol. The maximum Gasteiger partial charge on any atom is 0.251 e. The molecule has 0 spiro atoms. The molecule has 1 aromatic carbocycles. The molecule has 1 N–H and O–H groups in total. The van der Waals surface area contributed by atoms with E-state index < -0.39 is 0 Å². The van der Waals surface area contributed by atoms with Crippen molar-refractivity contribution in [2.45, 2.75) is 31.8 Å². The molecule has 1 aliphatic carbocycles. The van der Waals surface area contributed by atoms with Gasteiger partial charge in [-0.25, -0.2) is 0 Å². The Morgan fingerprint density at radius 2 is 2.14 bits per heavy atom. The van der Waals surface area contributed by atoms with Crippen LogP contribution in [-0.4, -0.2) is 50.2 Å². The molecule has 3 rings (SSSR count). The number of amides is 1. The molecular weight excluding hydrogens is 264 g/mol. The van der Waals surface area contributed by atoms with E-state index in [1.807, 2.05) is 6.07 Å². The zero-order valence-corrected chi connectivity index (χ0v) is 12.7. The van der Waals surface area contributed by atoms with Crippen LogP contribution in [0.4, 0.5) is 0 Å². The largest absolute Gasteiger partial charge is 0.374 e. The van der Waals surface area contributed by atoms with Crippen LogP contribution >= 0.6 is 0 Å². The maximum absolute atomic E-state index is 12.3. The zero-order chi connectivity index (χ0) is 14.7. The molecule has 1 fully saturated rings. The quantitative estimate of drug-likeness (QED) is 0.919. The van der Waals surface area contributed by atoms with Crippen molar-refractivity contribution in [1.29, 1.82) is 0 Å². The Morgan fingerprint density at radius 3 is 2.95 bits per heavy atom. The fraction of sp³-hybridized carbons (Fsp3) is 0.588. The summed E-state index contributed by atoms with van der Waals surface area (Å²) in [7, 11) is 2.08. The first kappa shape index (κ1) is 14.5. The first-order valence-electron chi connectivity index (χ1n) is 7.92. The summed E-state index contributed by atoms with van der Waals surface area (Å²) >= 11 is 0. The average Bonchev–Trinajstić information content (AvgIpc) is 2.52. The Bertz CT molecular complexity index is 516. The van der Waals surface area contributed by atoms with E-state index in [4.69, 9.17) is 4.74 Å². The molecule has 1 saturated heterocycles. The fourth-order valence-electron chi connectivity index (χ4n) is 3.17. The van der Waals surface area contributed by atoms with Crippen LogP contribution in [0.1, 0.15) is 34.3 Å². The van der Waals surface area contributed by atoms with E-state index in [9.17, 15) is 4.79 Å². The van der Waals surface area contributed by atoms with Gasteiger partial charge < -0.3 is 15.0 Å². The van der Waals surface area contributed by atoms with Crippen molar-refractivity contribution in [3.63, 3.8) is 0 Å². The number of hydrogen-bond acceptors (Lipinski definition) is 3. The van der Waals surface area contributed by atoms with Crippen LogP contribution in [0.5, 0.6) is 0 Å². The van der Waals surface area contributed by atoms with Gasteiger partial charge in [-0.1, -0.05) is 6.07 Å². The van der Waals surface area contributed by atoms with Gasteiger partial charge in [0.15, 0.2) is 0 Å². The minimum atomic E-state index is 0.0141. The third-order valence-electron chi connectivity index (χ3n) is 4.44. The van der Waals surface area contributed by atoms with Crippen LogP contribution in [0.2, 0.25) is 0 Å². The van der Waals surface area contributed by atoms with Crippen molar-refractivity contribution in [3.05, 3.63) is 34.9 Å². The van der Waals surface area contributed by atoms with Gasteiger partial charge in [-0.3, -0.25) is 4.79 Å². The van der Waals surface area contributed by atoms with E-state index >= 15 is 0 Å². The Morgan fingerprint density at radius 1 is 1.33 bits per heavy atom. The van der Waals surface area contributed by atoms with Gasteiger partial charge in [0.1, 0.15) is 0 Å². The smallest absolute Gasteiger partial charge is 0.251 e. The summed E-state index contributed by atoms with van der Waals surface area (Å²) in [5.41, 5.74) is 3.54. The number of benzene rings is 1. The normalized spacial score (nSPS) is 22.6. The van der Waals surface area contributed by atoms with Gasteiger partial charge in [-0.15, -0.1) is 0 Å². The molecule has 1 unspecified atom stereocenters. The minimum Gasteiger partial charge on any atom is -0.374 e. The number of likely N-dealkylation sites (N-methyl/N-ethyl adjacent to an activating group) is 1. The van der Waals surface area contributed by atoms with Gasteiger partial charge in [0.2, 0.25) is 0 Å². The third-order valence-corrected chi connectivity index (χ3v) is 4.44. The molecule has 4 nitrogen and oxygen atoms in total. The molecule has 2 aliphatic rings. The molecule has 0 radical (unpaired) electrons. The zero-order valence-electron chi connectivity index (χ0n) is 12.7. The van der Waals surface area contributed by atoms with Gasteiger partial charge in [-0.05, 0) is 56.0 Å². The first-order chi connectivity index (χ1) is 10.2. The van der Waals surface area contributed by atoms with Crippen LogP contribution in [0.25, 0.3) is 0 Å². The van der Waals surface area contributed by atoms with Crippen molar-refractivity contribution in [2.24, 2.45) is 0 Å². The van der Waals surface area contributed by atoms with Crippen molar-refractivity contribution in [1.82, 2.24) is 10.2 Å². The van der Waals surface area contributed by atoms with Gasteiger partial charge >= 0.3 is 0 Å². The highest BCUT2D eigenvalue weighted by Crippen LogP contribution is 2.22. The number of nitrogens with zero attached hydrogens (tertiary/aromatic N) is 1. The Balaban J connectivity index is 1.57. The lowest BCUT2D eigenvalue weighted by molar-refractivity contribution is -0.0175. The second-order valence-corrected chi connectivity index (χ2v) is 6.16. The van der Waals surface area contributed by atoms with Crippen molar-refractivity contribution < 1.29 is 9.53 Å². The van der Waals surface area contributed by atoms with Crippen LogP contribution in [-0.2, 0) is 17.6 Å². The molecule has 1 atom stereocenters. The van der Waals surface area contributed by atoms with Gasteiger partial charge in [-0.2, -0.15) is 0 Å². The summed E-state index contributed by atoms with van der Waals surface area (Å²) in [6, 6.07) is 6.14. The molecule has 0 bridgehead atoms. The Hall–Kier alpha value is -1.39. The van der Waals surface area contributed by atoms with E-state index in [0.29, 0.717) is 6.54 Å². The van der Waals surface area contributed by atoms with Gasteiger partial charge in [0.25, 0.3) is 5.91 Å². The molecule has 4 heteroatoms. The molecular formula is C17H24N2O2. The lowest BCUT2D eigenvalue weighted by atomic mass is 9.90. The van der Waals surface area contributed by atoms with Crippen LogP contribution in [0, 0.1) is 0 Å². The summed E-state index contributed by atoms with van der Waals surface area (Å²) in [4.78, 5) is 14.5. The predicted octanol–water partition coefficient (Wildman–Crippen LogP) is 1.63. The average molecular weight is 288 g/mol. The number of aryl methyl sites for hydroxylation is 2. The highest BCUT2D eigenvalue weighted by atomic mass is 16.5. The molecule has 1 heterocycles. The second-order valence-electron chi connectivity index (χ2n) is 6.16. The summed E-state index contributed by atoms with van der Waals surface area (Å²) in [6.45, 7) is 3.18. The number of morpholine rings is 1. The molecule has 1 aromatic rings. The number of hydrogen-bond donors (Lipinski definition) is 1. The van der Waals surface area contributed by atoms with Crippen molar-refractivity contribution >= 4 is 5.91 Å². The Labute approximate surface area is 126 Å². The minimum absolute atomic E-state index is 0.0141. The number of carbonyl (C=O) groups is 1. The summed E-state index contributed by atoms with van der Waals surface area (Å²) in [5.74, 6) is 0.0141. The van der Waals surface area contributed by atoms with Crippen LogP contribution in [0.15, 0.2) is 18.2 Å². The summed E-state index contributed by atoms with van der Waals surface area (Å²) in [6.07, 6.45) is 4.86. The number of ether oxygens (including phenoxy) is 1. The first-order valence-corrected chi connectivity index (χ1v) is 7.92. The number of rotatable bonds is 3. The number of fused-ring (bicyclic) bond motifs is 1. The fourth-order valence-corrected chi connectivity index (χ4v) is 3.17. The van der Waals surface area contributed by atoms with Gasteiger partial charge in [0.05, 0.1) is 12.7 Å². The van der Waals surface area contributed by atoms with Crippen molar-refractivity contribution in [3.8, 4) is 0 Å². The number of nitrogens with one attached hydrogen (secondary N) is 1. The van der Waals surface area contributed by atoms with E-state index in [2.05, 4.69) is 29.4 Å². The van der Waals surface area contributed by atoms with E-state index in [0.717, 1.165) is 38.1 Å².